The van der Waals surface area contributed by atoms with Gasteiger partial charge in [0, 0.05) is 22.3 Å². The fourth-order valence-corrected chi connectivity index (χ4v) is 6.67. The Bertz CT molecular complexity index is 3140. The van der Waals surface area contributed by atoms with Crippen LogP contribution in [0.3, 0.4) is 0 Å². The second-order valence-corrected chi connectivity index (χ2v) is 14.9. The number of ketones is 2. The summed E-state index contributed by atoms with van der Waals surface area (Å²) in [5.74, 6) is -2.44. The number of carbonyl (C=O) groups excluding carboxylic acids is 4. The number of alkyl halides is 6. The minimum Gasteiger partial charge on any atom is -0.457 e. The van der Waals surface area contributed by atoms with E-state index in [0.717, 1.165) is 60.7 Å². The molecule has 2 aromatic heterocycles. The number of amides is 2. The molecule has 19 heteroatoms. The Morgan fingerprint density at radius 1 is 0.435 bits per heavy atom. The summed E-state index contributed by atoms with van der Waals surface area (Å²) >= 11 is 0. The van der Waals surface area contributed by atoms with Crippen LogP contribution in [0.5, 0.6) is 11.5 Å². The van der Waals surface area contributed by atoms with Crippen LogP contribution in [0.1, 0.15) is 63.9 Å². The first-order valence-electron chi connectivity index (χ1n) is 20.3. The van der Waals surface area contributed by atoms with Crippen LogP contribution in [-0.2, 0) is 12.4 Å². The van der Waals surface area contributed by atoms with Crippen LogP contribution in [-0.4, -0.2) is 42.9 Å². The number of nitrogens with one attached hydrogen (secondary N) is 2. The highest BCUT2D eigenvalue weighted by Crippen LogP contribution is 2.31. The minimum absolute atomic E-state index is 0.0400. The molecule has 0 bridgehead atoms. The number of anilines is 2. The molecule has 0 radical (unpaired) electrons. The molecule has 69 heavy (non-hydrogen) atoms. The zero-order valence-electron chi connectivity index (χ0n) is 35.1. The van der Waals surface area contributed by atoms with Crippen molar-refractivity contribution in [3.8, 4) is 22.9 Å². The standard InChI is InChI=1S/C50H30F6N6O7/c51-49(52,53)33-15-19-35(20-16-33)61-47(67)41(57-45(65)31-7-3-1-4-8-31)27-39(59-61)43(63)29-11-23-37(24-12-29)69-38-25-13-30(14-26-38)44(64)40-28-42(58-46(66)32-9-5-2-6-10-32)48(68)62(60-40)36-21-17-34(18-22-36)50(54,55)56/h1-28H,(H,57,65)(H,58,66). The number of benzene rings is 6. The molecule has 2 heterocycles. The summed E-state index contributed by atoms with van der Waals surface area (Å²) in [6.45, 7) is 0. The molecule has 6 aromatic carbocycles. The molecule has 0 saturated carbocycles. The molecule has 2 amide bonds. The molecule has 0 unspecified atom stereocenters. The monoisotopic (exact) mass is 940 g/mol. The van der Waals surface area contributed by atoms with E-state index >= 15 is 0 Å². The van der Waals surface area contributed by atoms with E-state index in [1.54, 1.807) is 36.4 Å². The van der Waals surface area contributed by atoms with E-state index < -0.39 is 58.0 Å². The summed E-state index contributed by atoms with van der Waals surface area (Å²) in [7, 11) is 0. The maximum Gasteiger partial charge on any atom is 0.416 e. The number of halogens is 6. The topological polar surface area (TPSA) is 171 Å². The minimum atomic E-state index is -4.67. The smallest absolute Gasteiger partial charge is 0.416 e. The van der Waals surface area contributed by atoms with Crippen molar-refractivity contribution in [3.63, 3.8) is 0 Å². The normalized spacial score (nSPS) is 11.4. The lowest BCUT2D eigenvalue weighted by molar-refractivity contribution is -0.138. The quantitative estimate of drug-likeness (QED) is 0.0894. The molecule has 8 rings (SSSR count). The molecule has 2 N–H and O–H groups in total. The third kappa shape index (κ3) is 10.4. The van der Waals surface area contributed by atoms with Gasteiger partial charge in [0.1, 0.15) is 34.3 Å². The van der Waals surface area contributed by atoms with Crippen LogP contribution in [0.2, 0.25) is 0 Å². The number of hydrogen-bond donors (Lipinski definition) is 2. The summed E-state index contributed by atoms with van der Waals surface area (Å²) in [6, 6.07) is 35.9. The number of nitrogens with zero attached hydrogens (tertiary/aromatic N) is 4. The zero-order valence-corrected chi connectivity index (χ0v) is 35.1. The molecule has 0 aliphatic rings. The van der Waals surface area contributed by atoms with E-state index in [2.05, 4.69) is 20.8 Å². The van der Waals surface area contributed by atoms with E-state index in [-0.39, 0.29) is 67.9 Å². The summed E-state index contributed by atoms with van der Waals surface area (Å²) in [4.78, 5) is 80.8. The molecule has 0 aliphatic carbocycles. The van der Waals surface area contributed by atoms with Crippen LogP contribution < -0.4 is 26.5 Å². The first kappa shape index (κ1) is 46.3. The van der Waals surface area contributed by atoms with Crippen molar-refractivity contribution in [2.24, 2.45) is 0 Å². The molecule has 344 valence electrons. The Kier molecular flexibility index (Phi) is 12.7. The highest BCUT2D eigenvalue weighted by atomic mass is 19.4. The van der Waals surface area contributed by atoms with Gasteiger partial charge in [-0.25, -0.2) is 0 Å². The third-order valence-corrected chi connectivity index (χ3v) is 10.2. The van der Waals surface area contributed by atoms with Gasteiger partial charge >= 0.3 is 12.4 Å². The molecular formula is C50H30F6N6O7. The summed E-state index contributed by atoms with van der Waals surface area (Å²) in [5, 5.41) is 13.2. The zero-order chi connectivity index (χ0) is 49.0. The maximum absolute atomic E-state index is 13.8. The van der Waals surface area contributed by atoms with E-state index in [1.807, 2.05) is 0 Å². The van der Waals surface area contributed by atoms with Gasteiger partial charge in [-0.3, -0.25) is 28.8 Å². The Hall–Kier alpha value is -9.26. The summed E-state index contributed by atoms with van der Waals surface area (Å²) in [5.41, 5.74) is -5.09. The van der Waals surface area contributed by atoms with E-state index in [4.69, 9.17) is 4.74 Å². The Morgan fingerprint density at radius 3 is 1.09 bits per heavy atom. The van der Waals surface area contributed by atoms with Gasteiger partial charge < -0.3 is 15.4 Å². The molecule has 0 atom stereocenters. The molecule has 0 fully saturated rings. The van der Waals surface area contributed by atoms with Gasteiger partial charge in [-0.05, 0) is 133 Å². The fourth-order valence-electron chi connectivity index (χ4n) is 6.67. The van der Waals surface area contributed by atoms with E-state index in [0.29, 0.717) is 9.36 Å². The predicted molar refractivity (Wildman–Crippen MR) is 238 cm³/mol. The lowest BCUT2D eigenvalue weighted by atomic mass is 10.1. The Labute approximate surface area is 384 Å². The van der Waals surface area contributed by atoms with Gasteiger partial charge in [-0.2, -0.15) is 45.9 Å². The number of aromatic nitrogens is 4. The first-order valence-corrected chi connectivity index (χ1v) is 20.3. The maximum atomic E-state index is 13.8. The summed E-state index contributed by atoms with van der Waals surface area (Å²) in [6.07, 6.45) is -9.34. The number of carbonyl (C=O) groups is 4. The average molecular weight is 941 g/mol. The van der Waals surface area contributed by atoms with Crippen LogP contribution in [0.15, 0.2) is 179 Å². The van der Waals surface area contributed by atoms with E-state index in [1.165, 1.54) is 72.8 Å². The second kappa shape index (κ2) is 18.9. The van der Waals surface area contributed by atoms with Crippen molar-refractivity contribution in [1.29, 1.82) is 0 Å². The van der Waals surface area contributed by atoms with Crippen molar-refractivity contribution < 1.29 is 50.3 Å². The van der Waals surface area contributed by atoms with Crippen molar-refractivity contribution in [2.45, 2.75) is 12.4 Å². The SMILES string of the molecule is O=C(Nc1cc(C(=O)c2ccc(Oc3ccc(C(=O)c4cc(NC(=O)c5ccccc5)c(=O)n(-c5ccc(C(F)(F)F)cc5)n4)cc3)cc2)nn(-c2ccc(C(F)(F)F)cc2)c1=O)c1ccccc1. The molecule has 0 saturated heterocycles. The summed E-state index contributed by atoms with van der Waals surface area (Å²) < 4.78 is 87.2. The van der Waals surface area contributed by atoms with Crippen molar-refractivity contribution in [1.82, 2.24) is 19.6 Å². The molecule has 0 spiro atoms. The highest BCUT2D eigenvalue weighted by Gasteiger charge is 2.31. The van der Waals surface area contributed by atoms with E-state index in [9.17, 15) is 55.1 Å². The van der Waals surface area contributed by atoms with Crippen LogP contribution >= 0.6 is 0 Å². The number of ether oxygens (including phenoxy) is 1. The van der Waals surface area contributed by atoms with Crippen molar-refractivity contribution in [2.75, 3.05) is 10.6 Å². The first-order chi connectivity index (χ1) is 32.9. The lowest BCUT2D eigenvalue weighted by Gasteiger charge is -2.13. The molecule has 0 aliphatic heterocycles. The van der Waals surface area contributed by atoms with Crippen molar-refractivity contribution in [3.05, 3.63) is 235 Å². The van der Waals surface area contributed by atoms with Gasteiger partial charge in [-0.1, -0.05) is 36.4 Å². The Balaban J connectivity index is 1.03. The largest absolute Gasteiger partial charge is 0.457 e. The fraction of sp³-hybridized carbons (Fsp3) is 0.0400. The van der Waals surface area contributed by atoms with Crippen molar-refractivity contribution >= 4 is 34.8 Å². The Morgan fingerprint density at radius 2 is 0.768 bits per heavy atom. The third-order valence-electron chi connectivity index (χ3n) is 10.2. The lowest BCUT2D eigenvalue weighted by Crippen LogP contribution is -2.29. The van der Waals surface area contributed by atoms with Gasteiger partial charge in [0.25, 0.3) is 22.9 Å². The number of rotatable bonds is 12. The molecular weight excluding hydrogens is 911 g/mol. The predicted octanol–water partition coefficient (Wildman–Crippen LogP) is 9.57. The van der Waals surface area contributed by atoms with Crippen LogP contribution in [0.25, 0.3) is 11.4 Å². The van der Waals surface area contributed by atoms with Crippen LogP contribution in [0, 0.1) is 0 Å². The second-order valence-electron chi connectivity index (χ2n) is 14.9. The van der Waals surface area contributed by atoms with Gasteiger partial charge in [0.05, 0.1) is 22.5 Å². The average Bonchev–Trinajstić information content (AvgIpc) is 3.35. The number of hydrogen-bond acceptors (Lipinski definition) is 9. The van der Waals surface area contributed by atoms with Gasteiger partial charge in [0.15, 0.2) is 0 Å². The van der Waals surface area contributed by atoms with Gasteiger partial charge in [0.2, 0.25) is 11.6 Å². The molecule has 8 aromatic rings. The molecule has 13 nitrogen and oxygen atoms in total. The van der Waals surface area contributed by atoms with Crippen LogP contribution in [0.4, 0.5) is 37.7 Å². The highest BCUT2D eigenvalue weighted by molar-refractivity contribution is 6.10. The van der Waals surface area contributed by atoms with Gasteiger partial charge in [-0.15, -0.1) is 0 Å².